The summed E-state index contributed by atoms with van der Waals surface area (Å²) in [7, 11) is 3.59. The van der Waals surface area contributed by atoms with E-state index in [4.69, 9.17) is 9.47 Å². The van der Waals surface area contributed by atoms with Gasteiger partial charge in [-0.3, -0.25) is 4.99 Å². The maximum atomic E-state index is 5.98. The van der Waals surface area contributed by atoms with Gasteiger partial charge in [-0.25, -0.2) is 0 Å². The van der Waals surface area contributed by atoms with Crippen LogP contribution in [0.5, 0.6) is 5.75 Å². The molecule has 0 spiro atoms. The Morgan fingerprint density at radius 1 is 1.18 bits per heavy atom. The van der Waals surface area contributed by atoms with Gasteiger partial charge in [-0.15, -0.1) is 24.0 Å². The monoisotopic (exact) mass is 499 g/mol. The molecule has 2 heterocycles. The number of guanidine groups is 1. The Hall–Kier alpha value is -1.02. The molecule has 1 aromatic rings. The van der Waals surface area contributed by atoms with Crippen LogP contribution < -0.4 is 15.4 Å². The van der Waals surface area contributed by atoms with E-state index in [-0.39, 0.29) is 29.4 Å². The molecule has 0 amide bonds. The van der Waals surface area contributed by atoms with E-state index < -0.39 is 0 Å². The van der Waals surface area contributed by atoms with Crippen molar-refractivity contribution in [1.29, 1.82) is 0 Å². The summed E-state index contributed by atoms with van der Waals surface area (Å²) in [6.07, 6.45) is 10.7. The molecule has 4 rings (SSSR count). The van der Waals surface area contributed by atoms with Crippen LogP contribution in [0.4, 0.5) is 0 Å². The van der Waals surface area contributed by atoms with Crippen molar-refractivity contribution < 1.29 is 9.47 Å². The summed E-state index contributed by atoms with van der Waals surface area (Å²) >= 11 is 0. The quantitative estimate of drug-likeness (QED) is 0.366. The van der Waals surface area contributed by atoms with E-state index >= 15 is 0 Å². The molecule has 1 aliphatic carbocycles. The summed E-state index contributed by atoms with van der Waals surface area (Å²) in [4.78, 5) is 4.49. The van der Waals surface area contributed by atoms with Crippen LogP contribution in [0.25, 0.3) is 0 Å². The third-order valence-corrected chi connectivity index (χ3v) is 6.76. The Balaban J connectivity index is 0.00000225. The first-order valence-electron chi connectivity index (χ1n) is 10.5. The molecule has 3 unspecified atom stereocenters. The molecule has 3 atom stereocenters. The number of fused-ring (bicyclic) bond motifs is 2. The summed E-state index contributed by atoms with van der Waals surface area (Å²) in [6, 6.07) is 9.06. The lowest BCUT2D eigenvalue weighted by Crippen LogP contribution is -2.51. The van der Waals surface area contributed by atoms with Gasteiger partial charge < -0.3 is 20.1 Å². The van der Waals surface area contributed by atoms with Crippen molar-refractivity contribution in [2.75, 3.05) is 20.7 Å². The summed E-state index contributed by atoms with van der Waals surface area (Å²) < 4.78 is 11.3. The van der Waals surface area contributed by atoms with Gasteiger partial charge in [-0.05, 0) is 49.8 Å². The maximum absolute atomic E-state index is 5.98. The predicted molar refractivity (Wildman–Crippen MR) is 124 cm³/mol. The number of nitrogens with one attached hydrogen (secondary N) is 2. The fourth-order valence-electron chi connectivity index (χ4n) is 5.15. The van der Waals surface area contributed by atoms with Crippen LogP contribution in [0.1, 0.15) is 56.9 Å². The fourth-order valence-corrected chi connectivity index (χ4v) is 5.15. The van der Waals surface area contributed by atoms with Gasteiger partial charge in [0.2, 0.25) is 0 Å². The van der Waals surface area contributed by atoms with Crippen LogP contribution in [0.2, 0.25) is 0 Å². The maximum Gasteiger partial charge on any atom is 0.191 e. The van der Waals surface area contributed by atoms with Crippen molar-refractivity contribution in [3.05, 3.63) is 29.8 Å². The molecule has 0 radical (unpaired) electrons. The zero-order valence-electron chi connectivity index (χ0n) is 17.1. The zero-order chi connectivity index (χ0) is 18.7. The van der Waals surface area contributed by atoms with Crippen LogP contribution in [-0.4, -0.2) is 44.9 Å². The fraction of sp³-hybridized carbons (Fsp3) is 0.682. The molecule has 156 valence electrons. The Kier molecular flexibility index (Phi) is 7.48. The van der Waals surface area contributed by atoms with Crippen LogP contribution in [0.15, 0.2) is 29.3 Å². The number of methoxy groups -OCH3 is 1. The molecule has 2 saturated heterocycles. The normalized spacial score (nSPS) is 28.5. The first kappa shape index (κ1) is 21.7. The van der Waals surface area contributed by atoms with Gasteiger partial charge in [0.25, 0.3) is 0 Å². The summed E-state index contributed by atoms with van der Waals surface area (Å²) in [6.45, 7) is 0.917. The van der Waals surface area contributed by atoms with Gasteiger partial charge in [0.05, 0.1) is 25.4 Å². The van der Waals surface area contributed by atoms with Crippen molar-refractivity contribution in [1.82, 2.24) is 10.6 Å². The van der Waals surface area contributed by atoms with Gasteiger partial charge in [0, 0.05) is 19.0 Å². The molecule has 5 nitrogen and oxygen atoms in total. The molecule has 0 aromatic heterocycles. The minimum absolute atomic E-state index is 0. The van der Waals surface area contributed by atoms with Gasteiger partial charge in [0.15, 0.2) is 5.96 Å². The molecule has 1 saturated carbocycles. The highest BCUT2D eigenvalue weighted by molar-refractivity contribution is 14.0. The van der Waals surface area contributed by atoms with Crippen LogP contribution in [-0.2, 0) is 10.2 Å². The second-order valence-corrected chi connectivity index (χ2v) is 8.36. The van der Waals surface area contributed by atoms with Crippen LogP contribution >= 0.6 is 24.0 Å². The highest BCUT2D eigenvalue weighted by Crippen LogP contribution is 2.39. The van der Waals surface area contributed by atoms with Crippen molar-refractivity contribution in [3.63, 3.8) is 0 Å². The van der Waals surface area contributed by atoms with Gasteiger partial charge >= 0.3 is 0 Å². The van der Waals surface area contributed by atoms with Gasteiger partial charge in [0.1, 0.15) is 5.75 Å². The average Bonchev–Trinajstić information content (AvgIpc) is 3.35. The lowest BCUT2D eigenvalue weighted by atomic mass is 9.69. The number of halogens is 1. The number of nitrogens with zero attached hydrogens (tertiary/aromatic N) is 1. The van der Waals surface area contributed by atoms with Crippen molar-refractivity contribution in [2.45, 2.75) is 75.0 Å². The van der Waals surface area contributed by atoms with E-state index in [0.717, 1.165) is 24.7 Å². The summed E-state index contributed by atoms with van der Waals surface area (Å²) in [5.74, 6) is 1.83. The third kappa shape index (κ3) is 4.58. The first-order valence-corrected chi connectivity index (χ1v) is 10.5. The minimum atomic E-state index is 0. The first-order chi connectivity index (χ1) is 13.2. The number of benzene rings is 1. The number of hydrogen-bond acceptors (Lipinski definition) is 3. The molecule has 28 heavy (non-hydrogen) atoms. The van der Waals surface area contributed by atoms with E-state index in [1.54, 1.807) is 7.11 Å². The number of hydrogen-bond donors (Lipinski definition) is 2. The number of aliphatic imine (C=N–C) groups is 1. The van der Waals surface area contributed by atoms with Gasteiger partial charge in [-0.2, -0.15) is 0 Å². The van der Waals surface area contributed by atoms with Crippen molar-refractivity contribution >= 4 is 29.9 Å². The zero-order valence-corrected chi connectivity index (χ0v) is 19.4. The van der Waals surface area contributed by atoms with Crippen molar-refractivity contribution in [2.24, 2.45) is 4.99 Å². The number of rotatable bonds is 5. The summed E-state index contributed by atoms with van der Waals surface area (Å²) in [5.41, 5.74) is 1.59. The molecule has 3 fully saturated rings. The Labute approximate surface area is 186 Å². The Morgan fingerprint density at radius 3 is 2.50 bits per heavy atom. The molecular formula is C22H34IN3O2. The van der Waals surface area contributed by atoms with Crippen LogP contribution in [0.3, 0.4) is 0 Å². The Morgan fingerprint density at radius 2 is 1.93 bits per heavy atom. The predicted octanol–water partition coefficient (Wildman–Crippen LogP) is 4.00. The minimum Gasteiger partial charge on any atom is -0.497 e. The standard InChI is InChI=1S/C22H33N3O2.HI/c1-23-21(25-19-14-18-10-11-20(19)27-18)24-15-22(12-4-3-5-13-22)16-6-8-17(26-2)9-7-16;/h6-9,18-20H,3-5,10-15H2,1-2H3,(H2,23,24,25);1H. The smallest absolute Gasteiger partial charge is 0.191 e. The molecule has 2 N–H and O–H groups in total. The second-order valence-electron chi connectivity index (χ2n) is 8.36. The molecular weight excluding hydrogens is 465 g/mol. The third-order valence-electron chi connectivity index (χ3n) is 6.76. The molecule has 3 aliphatic rings. The van der Waals surface area contributed by atoms with Crippen LogP contribution in [0, 0.1) is 0 Å². The van der Waals surface area contributed by atoms with E-state index in [0.29, 0.717) is 18.2 Å². The van der Waals surface area contributed by atoms with E-state index in [2.05, 4.69) is 39.9 Å². The number of ether oxygens (including phenoxy) is 2. The average molecular weight is 499 g/mol. The topological polar surface area (TPSA) is 54.9 Å². The molecule has 6 heteroatoms. The van der Waals surface area contributed by atoms with Crippen molar-refractivity contribution in [3.8, 4) is 5.75 Å². The van der Waals surface area contributed by atoms with E-state index in [1.807, 2.05) is 7.05 Å². The van der Waals surface area contributed by atoms with Gasteiger partial charge in [-0.1, -0.05) is 31.4 Å². The second kappa shape index (κ2) is 9.65. The molecule has 2 bridgehead atoms. The molecule has 2 aliphatic heterocycles. The largest absolute Gasteiger partial charge is 0.497 e. The van der Waals surface area contributed by atoms with E-state index in [9.17, 15) is 0 Å². The lowest BCUT2D eigenvalue weighted by Gasteiger charge is -2.39. The SMILES string of the molecule is CN=C(NCC1(c2ccc(OC)cc2)CCCCC1)NC1CC2CCC1O2.I. The lowest BCUT2D eigenvalue weighted by molar-refractivity contribution is 0.0992. The highest BCUT2D eigenvalue weighted by Gasteiger charge is 2.41. The highest BCUT2D eigenvalue weighted by atomic mass is 127. The Bertz CT molecular complexity index is 658. The van der Waals surface area contributed by atoms with E-state index in [1.165, 1.54) is 50.5 Å². The summed E-state index contributed by atoms with van der Waals surface area (Å²) in [5, 5.41) is 7.26. The molecule has 1 aromatic carbocycles.